The lowest BCUT2D eigenvalue weighted by molar-refractivity contribution is -0.138. The number of carboxylic acid groups (broad SMARTS) is 1. The minimum atomic E-state index is -1.12. The number of amides is 1. The van der Waals surface area contributed by atoms with Crippen LogP contribution < -0.4 is 22.3 Å². The number of hydroxylamine groups is 1. The van der Waals surface area contributed by atoms with Crippen LogP contribution in [0.5, 0.6) is 0 Å². The highest BCUT2D eigenvalue weighted by Crippen LogP contribution is 2.12. The van der Waals surface area contributed by atoms with Gasteiger partial charge in [-0.3, -0.25) is 14.4 Å². The van der Waals surface area contributed by atoms with Crippen molar-refractivity contribution in [2.75, 3.05) is 5.32 Å². The van der Waals surface area contributed by atoms with Gasteiger partial charge in [-0.1, -0.05) is 30.3 Å². The van der Waals surface area contributed by atoms with E-state index in [1.807, 2.05) is 30.3 Å². The number of aliphatic carboxylic acids is 1. The second-order valence-corrected chi connectivity index (χ2v) is 5.95. The monoisotopic (exact) mass is 385 g/mol. The van der Waals surface area contributed by atoms with Gasteiger partial charge in [-0.15, -0.1) is 0 Å². The number of aliphatic imine (C=N–C) groups is 1. The topological polar surface area (TPSA) is 152 Å². The third kappa shape index (κ3) is 7.44. The summed E-state index contributed by atoms with van der Waals surface area (Å²) in [6.45, 7) is 0.243. The number of nitrogens with two attached hydrogens (primary N) is 2. The SMILES string of the molecule is NC(=Nc1ccccc1)NOCc1ccc(NC(=O)CC[C@H](N)C(=O)O)cc1. The molecule has 2 rings (SSSR count). The highest BCUT2D eigenvalue weighted by Gasteiger charge is 2.13. The number of nitrogens with zero attached hydrogens (tertiary/aromatic N) is 1. The molecule has 1 amide bonds. The highest BCUT2D eigenvalue weighted by molar-refractivity contribution is 5.91. The summed E-state index contributed by atoms with van der Waals surface area (Å²) >= 11 is 0. The van der Waals surface area contributed by atoms with Crippen LogP contribution in [0.3, 0.4) is 0 Å². The number of para-hydroxylation sites is 1. The van der Waals surface area contributed by atoms with E-state index in [1.54, 1.807) is 24.3 Å². The lowest BCUT2D eigenvalue weighted by Crippen LogP contribution is -2.31. The second-order valence-electron chi connectivity index (χ2n) is 5.95. The van der Waals surface area contributed by atoms with E-state index in [4.69, 9.17) is 21.4 Å². The average molecular weight is 385 g/mol. The maximum absolute atomic E-state index is 11.8. The quantitative estimate of drug-likeness (QED) is 0.249. The summed E-state index contributed by atoms with van der Waals surface area (Å²) in [6.07, 6.45) is 0.104. The third-order valence-corrected chi connectivity index (χ3v) is 3.66. The van der Waals surface area contributed by atoms with Gasteiger partial charge in [0, 0.05) is 12.1 Å². The van der Waals surface area contributed by atoms with Gasteiger partial charge in [0.15, 0.2) is 0 Å². The van der Waals surface area contributed by atoms with E-state index in [9.17, 15) is 9.59 Å². The van der Waals surface area contributed by atoms with Gasteiger partial charge in [-0.05, 0) is 36.2 Å². The summed E-state index contributed by atoms with van der Waals surface area (Å²) in [5.74, 6) is -1.29. The molecule has 0 fully saturated rings. The minimum absolute atomic E-state index is 0.0300. The summed E-state index contributed by atoms with van der Waals surface area (Å²) in [4.78, 5) is 31.9. The first-order chi connectivity index (χ1) is 13.4. The van der Waals surface area contributed by atoms with E-state index in [-0.39, 0.29) is 31.3 Å². The van der Waals surface area contributed by atoms with E-state index in [0.717, 1.165) is 5.56 Å². The summed E-state index contributed by atoms with van der Waals surface area (Å²) in [6, 6.07) is 15.2. The number of carboxylic acids is 1. The van der Waals surface area contributed by atoms with Crippen LogP contribution in [0.4, 0.5) is 11.4 Å². The molecule has 9 heteroatoms. The molecular formula is C19H23N5O4. The molecule has 0 saturated carbocycles. The molecule has 1 atom stereocenters. The maximum Gasteiger partial charge on any atom is 0.320 e. The van der Waals surface area contributed by atoms with E-state index < -0.39 is 12.0 Å². The number of hydrogen-bond acceptors (Lipinski definition) is 5. The molecule has 0 spiro atoms. The van der Waals surface area contributed by atoms with Gasteiger partial charge in [0.25, 0.3) is 0 Å². The summed E-state index contributed by atoms with van der Waals surface area (Å²) < 4.78 is 0. The van der Waals surface area contributed by atoms with Gasteiger partial charge >= 0.3 is 5.97 Å². The molecule has 2 aromatic carbocycles. The van der Waals surface area contributed by atoms with Crippen LogP contribution in [-0.4, -0.2) is 29.0 Å². The molecule has 0 bridgehead atoms. The maximum atomic E-state index is 11.8. The number of guanidine groups is 1. The van der Waals surface area contributed by atoms with Crippen LogP contribution in [-0.2, 0) is 21.0 Å². The zero-order chi connectivity index (χ0) is 20.4. The first-order valence-electron chi connectivity index (χ1n) is 8.58. The molecule has 0 aliphatic rings. The summed E-state index contributed by atoms with van der Waals surface area (Å²) in [5, 5.41) is 11.4. The van der Waals surface area contributed by atoms with E-state index in [1.165, 1.54) is 0 Å². The van der Waals surface area contributed by atoms with E-state index in [0.29, 0.717) is 11.4 Å². The first-order valence-corrected chi connectivity index (χ1v) is 8.58. The Morgan fingerprint density at radius 2 is 1.79 bits per heavy atom. The smallest absolute Gasteiger partial charge is 0.320 e. The Morgan fingerprint density at radius 1 is 1.11 bits per heavy atom. The number of carbonyl (C=O) groups excluding carboxylic acids is 1. The Morgan fingerprint density at radius 3 is 2.43 bits per heavy atom. The third-order valence-electron chi connectivity index (χ3n) is 3.66. The van der Waals surface area contributed by atoms with Crippen LogP contribution >= 0.6 is 0 Å². The number of rotatable bonds is 9. The van der Waals surface area contributed by atoms with Crippen molar-refractivity contribution in [2.45, 2.75) is 25.5 Å². The molecule has 0 aliphatic heterocycles. The summed E-state index contributed by atoms with van der Waals surface area (Å²) in [7, 11) is 0. The fourth-order valence-electron chi connectivity index (χ4n) is 2.18. The molecular weight excluding hydrogens is 362 g/mol. The van der Waals surface area contributed by atoms with Crippen molar-refractivity contribution in [2.24, 2.45) is 16.5 Å². The molecule has 0 heterocycles. The molecule has 7 N–H and O–H groups in total. The van der Waals surface area contributed by atoms with Gasteiger partial charge < -0.3 is 21.9 Å². The predicted molar refractivity (Wildman–Crippen MR) is 106 cm³/mol. The average Bonchev–Trinajstić information content (AvgIpc) is 2.68. The van der Waals surface area contributed by atoms with Gasteiger partial charge in [-0.2, -0.15) is 0 Å². The Balaban J connectivity index is 1.74. The Hall–Kier alpha value is -3.43. The van der Waals surface area contributed by atoms with E-state index in [2.05, 4.69) is 15.8 Å². The van der Waals surface area contributed by atoms with Crippen LogP contribution in [0.15, 0.2) is 59.6 Å². The van der Waals surface area contributed by atoms with Gasteiger partial charge in [0.1, 0.15) is 6.04 Å². The Bertz CT molecular complexity index is 809. The zero-order valence-electron chi connectivity index (χ0n) is 15.2. The van der Waals surface area contributed by atoms with Crippen molar-refractivity contribution in [3.8, 4) is 0 Å². The Kier molecular flexibility index (Phi) is 7.94. The lowest BCUT2D eigenvalue weighted by Gasteiger charge is -2.09. The number of hydrogen-bond donors (Lipinski definition) is 5. The second kappa shape index (κ2) is 10.7. The lowest BCUT2D eigenvalue weighted by atomic mass is 10.1. The normalized spacial score (nSPS) is 12.2. The van der Waals surface area contributed by atoms with Crippen LogP contribution in [0.1, 0.15) is 18.4 Å². The molecule has 0 aromatic heterocycles. The summed E-state index contributed by atoms with van der Waals surface area (Å²) in [5.41, 5.74) is 15.8. The van der Waals surface area contributed by atoms with Gasteiger partial charge in [0.2, 0.25) is 11.9 Å². The first kappa shape index (κ1) is 20.9. The fraction of sp³-hybridized carbons (Fsp3) is 0.211. The van der Waals surface area contributed by atoms with Gasteiger partial charge in [0.05, 0.1) is 12.3 Å². The number of nitrogens with one attached hydrogen (secondary N) is 2. The van der Waals surface area contributed by atoms with Crippen LogP contribution in [0.2, 0.25) is 0 Å². The van der Waals surface area contributed by atoms with Crippen molar-refractivity contribution in [1.29, 1.82) is 0 Å². The van der Waals surface area contributed by atoms with Crippen molar-refractivity contribution < 1.29 is 19.5 Å². The molecule has 0 radical (unpaired) electrons. The number of carbonyl (C=O) groups is 2. The minimum Gasteiger partial charge on any atom is -0.480 e. The molecule has 9 nitrogen and oxygen atoms in total. The Labute approximate surface area is 162 Å². The van der Waals surface area contributed by atoms with E-state index >= 15 is 0 Å². The van der Waals surface area contributed by atoms with Crippen LogP contribution in [0.25, 0.3) is 0 Å². The zero-order valence-corrected chi connectivity index (χ0v) is 15.2. The number of benzene rings is 2. The standard InChI is InChI=1S/C19H23N5O4/c20-16(18(26)27)10-11-17(25)22-15-8-6-13(7-9-15)12-28-24-19(21)23-14-4-2-1-3-5-14/h1-9,16H,10-12,20H2,(H,22,25)(H,26,27)(H3,21,23,24)/t16-/m0/s1. The fourth-order valence-corrected chi connectivity index (χ4v) is 2.18. The molecule has 2 aromatic rings. The predicted octanol–water partition coefficient (Wildman–Crippen LogP) is 1.48. The highest BCUT2D eigenvalue weighted by atomic mass is 16.6. The molecule has 0 saturated heterocycles. The van der Waals surface area contributed by atoms with Crippen molar-refractivity contribution in [1.82, 2.24) is 5.48 Å². The molecule has 148 valence electrons. The molecule has 0 unspecified atom stereocenters. The van der Waals surface area contributed by atoms with Crippen LogP contribution in [0, 0.1) is 0 Å². The molecule has 28 heavy (non-hydrogen) atoms. The van der Waals surface area contributed by atoms with Gasteiger partial charge in [-0.25, -0.2) is 10.5 Å². The molecule has 0 aliphatic carbocycles. The number of anilines is 1. The largest absolute Gasteiger partial charge is 0.480 e. The van der Waals surface area contributed by atoms with Crippen molar-refractivity contribution in [3.63, 3.8) is 0 Å². The van der Waals surface area contributed by atoms with Crippen molar-refractivity contribution >= 4 is 29.2 Å². The van der Waals surface area contributed by atoms with Crippen molar-refractivity contribution in [3.05, 3.63) is 60.2 Å².